The van der Waals surface area contributed by atoms with Crippen molar-refractivity contribution in [2.45, 2.75) is 30.9 Å². The van der Waals surface area contributed by atoms with E-state index in [1.54, 1.807) is 7.11 Å². The van der Waals surface area contributed by atoms with Crippen LogP contribution in [0.3, 0.4) is 0 Å². The summed E-state index contributed by atoms with van der Waals surface area (Å²) in [6.07, 6.45) is 0. The molecule has 0 aliphatic rings. The van der Waals surface area contributed by atoms with Crippen LogP contribution in [0.1, 0.15) is 18.1 Å². The zero-order valence-electron chi connectivity index (χ0n) is 13.3. The molecule has 0 bridgehead atoms. The van der Waals surface area contributed by atoms with Crippen LogP contribution in [0.25, 0.3) is 0 Å². The Balaban J connectivity index is 2.01. The third-order valence-corrected chi connectivity index (χ3v) is 4.72. The number of amides is 1. The maximum atomic E-state index is 12.3. The Kier molecular flexibility index (Phi) is 5.50. The standard InChI is InChI=1S/C18H21NO2S/c1-12-6-5-7-17(13(12)2)19-18(20)14(3)22-16-10-8-15(21-4)9-11-16/h5-11,14H,1-4H3,(H,19,20)/t14-/m1/s1. The largest absolute Gasteiger partial charge is 0.497 e. The quantitative estimate of drug-likeness (QED) is 0.829. The highest BCUT2D eigenvalue weighted by atomic mass is 32.2. The molecule has 0 fully saturated rings. The molecule has 2 rings (SSSR count). The van der Waals surface area contributed by atoms with E-state index < -0.39 is 0 Å². The van der Waals surface area contributed by atoms with Gasteiger partial charge in [0.2, 0.25) is 5.91 Å². The van der Waals surface area contributed by atoms with E-state index in [0.29, 0.717) is 0 Å². The summed E-state index contributed by atoms with van der Waals surface area (Å²) in [6, 6.07) is 13.7. The number of methoxy groups -OCH3 is 1. The number of rotatable bonds is 5. The van der Waals surface area contributed by atoms with Gasteiger partial charge in [0.1, 0.15) is 5.75 Å². The summed E-state index contributed by atoms with van der Waals surface area (Å²) >= 11 is 1.53. The normalized spacial score (nSPS) is 11.8. The molecule has 3 nitrogen and oxygen atoms in total. The third kappa shape index (κ3) is 4.04. The van der Waals surface area contributed by atoms with Crippen molar-refractivity contribution in [3.63, 3.8) is 0 Å². The summed E-state index contributed by atoms with van der Waals surface area (Å²) in [7, 11) is 1.64. The van der Waals surface area contributed by atoms with Gasteiger partial charge in [-0.05, 0) is 62.2 Å². The minimum atomic E-state index is -0.173. The molecule has 0 spiro atoms. The van der Waals surface area contributed by atoms with E-state index in [9.17, 15) is 4.79 Å². The van der Waals surface area contributed by atoms with Crippen molar-refractivity contribution in [1.82, 2.24) is 0 Å². The number of hydrogen-bond donors (Lipinski definition) is 1. The van der Waals surface area contributed by atoms with Gasteiger partial charge in [0.05, 0.1) is 12.4 Å². The van der Waals surface area contributed by atoms with Crippen LogP contribution in [0, 0.1) is 13.8 Å². The van der Waals surface area contributed by atoms with Crippen LogP contribution in [0.2, 0.25) is 0 Å². The molecule has 0 heterocycles. The molecular weight excluding hydrogens is 294 g/mol. The Labute approximate surface area is 136 Å². The van der Waals surface area contributed by atoms with Crippen molar-refractivity contribution in [2.75, 3.05) is 12.4 Å². The van der Waals surface area contributed by atoms with Crippen LogP contribution in [-0.2, 0) is 4.79 Å². The van der Waals surface area contributed by atoms with Gasteiger partial charge in [0, 0.05) is 10.6 Å². The lowest BCUT2D eigenvalue weighted by molar-refractivity contribution is -0.115. The fraction of sp³-hybridized carbons (Fsp3) is 0.278. The van der Waals surface area contributed by atoms with Crippen molar-refractivity contribution in [3.05, 3.63) is 53.6 Å². The van der Waals surface area contributed by atoms with E-state index in [0.717, 1.165) is 21.9 Å². The topological polar surface area (TPSA) is 38.3 Å². The van der Waals surface area contributed by atoms with Gasteiger partial charge in [-0.1, -0.05) is 12.1 Å². The lowest BCUT2D eigenvalue weighted by Crippen LogP contribution is -2.22. The molecule has 0 aliphatic heterocycles. The van der Waals surface area contributed by atoms with Crippen LogP contribution in [0.4, 0.5) is 5.69 Å². The number of benzene rings is 2. The molecule has 116 valence electrons. The van der Waals surface area contributed by atoms with E-state index >= 15 is 0 Å². The van der Waals surface area contributed by atoms with Gasteiger partial charge in [-0.2, -0.15) is 0 Å². The average Bonchev–Trinajstić information content (AvgIpc) is 2.52. The molecule has 0 saturated carbocycles. The number of anilines is 1. The van der Waals surface area contributed by atoms with Gasteiger partial charge in [-0.3, -0.25) is 4.79 Å². The summed E-state index contributed by atoms with van der Waals surface area (Å²) in [5.41, 5.74) is 3.16. The molecule has 0 aliphatic carbocycles. The van der Waals surface area contributed by atoms with Gasteiger partial charge in [0.25, 0.3) is 0 Å². The number of aryl methyl sites for hydroxylation is 1. The van der Waals surface area contributed by atoms with E-state index in [1.807, 2.05) is 63.2 Å². The van der Waals surface area contributed by atoms with Crippen molar-refractivity contribution >= 4 is 23.4 Å². The number of hydrogen-bond acceptors (Lipinski definition) is 3. The van der Waals surface area contributed by atoms with Crippen LogP contribution in [0.15, 0.2) is 47.4 Å². The Hall–Kier alpha value is -1.94. The third-order valence-electron chi connectivity index (χ3n) is 3.60. The lowest BCUT2D eigenvalue weighted by Gasteiger charge is -2.14. The maximum Gasteiger partial charge on any atom is 0.237 e. The molecule has 0 unspecified atom stereocenters. The maximum absolute atomic E-state index is 12.3. The fourth-order valence-electron chi connectivity index (χ4n) is 2.03. The van der Waals surface area contributed by atoms with E-state index in [2.05, 4.69) is 5.32 Å². The first-order chi connectivity index (χ1) is 10.5. The molecule has 0 aromatic heterocycles. The molecule has 2 aromatic carbocycles. The van der Waals surface area contributed by atoms with Crippen LogP contribution in [0.5, 0.6) is 5.75 Å². The first kappa shape index (κ1) is 16.4. The second-order valence-electron chi connectivity index (χ2n) is 5.17. The minimum Gasteiger partial charge on any atom is -0.497 e. The van der Waals surface area contributed by atoms with Gasteiger partial charge in [-0.15, -0.1) is 11.8 Å². The molecule has 2 aromatic rings. The van der Waals surface area contributed by atoms with Crippen molar-refractivity contribution in [1.29, 1.82) is 0 Å². The Morgan fingerprint density at radius 1 is 1.14 bits per heavy atom. The predicted octanol–water partition coefficient (Wildman–Crippen LogP) is 4.43. The highest BCUT2D eigenvalue weighted by Gasteiger charge is 2.15. The van der Waals surface area contributed by atoms with E-state index in [4.69, 9.17) is 4.74 Å². The summed E-state index contributed by atoms with van der Waals surface area (Å²) in [5.74, 6) is 0.825. The first-order valence-electron chi connectivity index (χ1n) is 7.19. The van der Waals surface area contributed by atoms with Gasteiger partial charge in [0.15, 0.2) is 0 Å². The fourth-order valence-corrected chi connectivity index (χ4v) is 2.90. The molecular formula is C18H21NO2S. The smallest absolute Gasteiger partial charge is 0.237 e. The number of nitrogens with one attached hydrogen (secondary N) is 1. The van der Waals surface area contributed by atoms with Crippen LogP contribution in [-0.4, -0.2) is 18.3 Å². The average molecular weight is 315 g/mol. The Morgan fingerprint density at radius 3 is 2.45 bits per heavy atom. The van der Waals surface area contributed by atoms with Gasteiger partial charge >= 0.3 is 0 Å². The van der Waals surface area contributed by atoms with Gasteiger partial charge < -0.3 is 10.1 Å². The number of ether oxygens (including phenoxy) is 1. The highest BCUT2D eigenvalue weighted by molar-refractivity contribution is 8.00. The summed E-state index contributed by atoms with van der Waals surface area (Å²) < 4.78 is 5.14. The first-order valence-corrected chi connectivity index (χ1v) is 8.07. The molecule has 22 heavy (non-hydrogen) atoms. The molecule has 0 saturated heterocycles. The second-order valence-corrected chi connectivity index (χ2v) is 6.59. The van der Waals surface area contributed by atoms with E-state index in [1.165, 1.54) is 17.3 Å². The van der Waals surface area contributed by atoms with Crippen LogP contribution >= 0.6 is 11.8 Å². The molecule has 4 heteroatoms. The van der Waals surface area contributed by atoms with Crippen molar-refractivity contribution in [2.24, 2.45) is 0 Å². The Bertz CT molecular complexity index is 653. The Morgan fingerprint density at radius 2 is 1.82 bits per heavy atom. The molecule has 1 N–H and O–H groups in total. The van der Waals surface area contributed by atoms with Crippen LogP contribution < -0.4 is 10.1 Å². The number of carbonyl (C=O) groups is 1. The minimum absolute atomic E-state index is 0.00881. The molecule has 1 amide bonds. The number of thioether (sulfide) groups is 1. The van der Waals surface area contributed by atoms with E-state index in [-0.39, 0.29) is 11.2 Å². The van der Waals surface area contributed by atoms with Gasteiger partial charge in [-0.25, -0.2) is 0 Å². The SMILES string of the molecule is COc1ccc(S[C@H](C)C(=O)Nc2cccc(C)c2C)cc1. The second kappa shape index (κ2) is 7.36. The van der Waals surface area contributed by atoms with Crippen molar-refractivity contribution < 1.29 is 9.53 Å². The number of carbonyl (C=O) groups excluding carboxylic acids is 1. The zero-order valence-corrected chi connectivity index (χ0v) is 14.2. The highest BCUT2D eigenvalue weighted by Crippen LogP contribution is 2.27. The lowest BCUT2D eigenvalue weighted by atomic mass is 10.1. The van der Waals surface area contributed by atoms with Crippen molar-refractivity contribution in [3.8, 4) is 5.75 Å². The zero-order chi connectivity index (χ0) is 16.1. The molecule has 0 radical (unpaired) electrons. The summed E-state index contributed by atoms with van der Waals surface area (Å²) in [6.45, 7) is 5.97. The predicted molar refractivity (Wildman–Crippen MR) is 92.9 cm³/mol. The molecule has 1 atom stereocenters. The monoisotopic (exact) mass is 315 g/mol. The summed E-state index contributed by atoms with van der Waals surface area (Å²) in [5, 5.41) is 2.84. The summed E-state index contributed by atoms with van der Waals surface area (Å²) in [4.78, 5) is 13.4.